The van der Waals surface area contributed by atoms with Crippen LogP contribution in [0.1, 0.15) is 17.3 Å². The molecule has 0 radical (unpaired) electrons. The van der Waals surface area contributed by atoms with Gasteiger partial charge in [0.05, 0.1) is 22.4 Å². The number of hydrogen-bond acceptors (Lipinski definition) is 3. The second kappa shape index (κ2) is 5.71. The van der Waals surface area contributed by atoms with Crippen molar-refractivity contribution >= 4 is 43.5 Å². The number of nitrogens with one attached hydrogen (secondary N) is 1. The minimum Gasteiger partial charge on any atom is -0.271 e. The van der Waals surface area contributed by atoms with Crippen molar-refractivity contribution < 1.29 is 0 Å². The summed E-state index contributed by atoms with van der Waals surface area (Å²) in [5.74, 6) is 5.68. The van der Waals surface area contributed by atoms with Crippen molar-refractivity contribution in [2.45, 2.75) is 6.04 Å². The first kappa shape index (κ1) is 14.0. The molecule has 2 aromatic rings. The van der Waals surface area contributed by atoms with E-state index >= 15 is 0 Å². The van der Waals surface area contributed by atoms with Crippen LogP contribution in [0.25, 0.3) is 0 Å². The summed E-state index contributed by atoms with van der Waals surface area (Å²) in [6, 6.07) is 5.38. The summed E-state index contributed by atoms with van der Waals surface area (Å²) in [4.78, 5) is 0. The molecule has 4 nitrogen and oxygen atoms in total. The molecule has 0 aliphatic rings. The van der Waals surface area contributed by atoms with Crippen molar-refractivity contribution in [2.24, 2.45) is 12.9 Å². The Morgan fingerprint density at radius 2 is 2.11 bits per heavy atom. The first-order chi connectivity index (χ1) is 8.54. The van der Waals surface area contributed by atoms with Crippen LogP contribution in [0.3, 0.4) is 0 Å². The topological polar surface area (TPSA) is 55.9 Å². The summed E-state index contributed by atoms with van der Waals surface area (Å²) in [6.07, 6.45) is 1.73. The van der Waals surface area contributed by atoms with Crippen LogP contribution in [-0.2, 0) is 7.05 Å². The number of rotatable bonds is 3. The molecule has 1 unspecified atom stereocenters. The molecule has 2 rings (SSSR count). The Balaban J connectivity index is 2.55. The molecule has 0 bridgehead atoms. The molecule has 1 atom stereocenters. The maximum Gasteiger partial charge on any atom is 0.0901 e. The smallest absolute Gasteiger partial charge is 0.0901 e. The molecule has 1 aromatic carbocycles. The highest BCUT2D eigenvalue weighted by Gasteiger charge is 2.21. The van der Waals surface area contributed by atoms with Gasteiger partial charge in [-0.1, -0.05) is 27.5 Å². The standard InChI is InChI=1S/C11H11Br2ClN4/c1-18-11(9(13)5-16-18)10(17-15)7-4-6(14)2-3-8(7)12/h2-5,10,17H,15H2,1H3. The Bertz CT molecular complexity index is 551. The van der Waals surface area contributed by atoms with E-state index in [-0.39, 0.29) is 6.04 Å². The monoisotopic (exact) mass is 392 g/mol. The molecule has 0 saturated carbocycles. The van der Waals surface area contributed by atoms with Crippen molar-refractivity contribution in [3.8, 4) is 0 Å². The van der Waals surface area contributed by atoms with Crippen LogP contribution in [-0.4, -0.2) is 9.78 Å². The Morgan fingerprint density at radius 3 is 2.67 bits per heavy atom. The van der Waals surface area contributed by atoms with Gasteiger partial charge in [0, 0.05) is 16.5 Å². The highest BCUT2D eigenvalue weighted by Crippen LogP contribution is 2.33. The van der Waals surface area contributed by atoms with Crippen LogP contribution in [0.15, 0.2) is 33.3 Å². The molecule has 96 valence electrons. The van der Waals surface area contributed by atoms with Crippen LogP contribution in [0, 0.1) is 0 Å². The third-order valence-electron chi connectivity index (χ3n) is 2.65. The Morgan fingerprint density at radius 1 is 1.39 bits per heavy atom. The third-order valence-corrected chi connectivity index (χ3v) is 4.22. The Labute approximate surface area is 127 Å². The second-order valence-corrected chi connectivity index (χ2v) is 5.91. The number of nitrogens with two attached hydrogens (primary N) is 1. The summed E-state index contributed by atoms with van der Waals surface area (Å²) in [5, 5.41) is 4.85. The molecule has 1 aromatic heterocycles. The number of benzene rings is 1. The Hall–Kier alpha value is -0.400. The van der Waals surface area contributed by atoms with Gasteiger partial charge in [-0.2, -0.15) is 5.10 Å². The first-order valence-electron chi connectivity index (χ1n) is 5.13. The van der Waals surface area contributed by atoms with Crippen molar-refractivity contribution in [1.29, 1.82) is 0 Å². The Kier molecular flexibility index (Phi) is 4.45. The SMILES string of the molecule is Cn1ncc(Br)c1C(NN)c1cc(Cl)ccc1Br. The van der Waals surface area contributed by atoms with Crippen molar-refractivity contribution in [3.63, 3.8) is 0 Å². The van der Waals surface area contributed by atoms with Crippen LogP contribution in [0.4, 0.5) is 0 Å². The maximum atomic E-state index is 6.04. The molecule has 0 fully saturated rings. The molecular weight excluding hydrogens is 383 g/mol. The van der Waals surface area contributed by atoms with E-state index in [1.54, 1.807) is 10.9 Å². The summed E-state index contributed by atoms with van der Waals surface area (Å²) >= 11 is 13.0. The van der Waals surface area contributed by atoms with Crippen LogP contribution >= 0.6 is 43.5 Å². The number of hydrazine groups is 1. The highest BCUT2D eigenvalue weighted by atomic mass is 79.9. The molecule has 7 heteroatoms. The number of nitrogens with zero attached hydrogens (tertiary/aromatic N) is 2. The van der Waals surface area contributed by atoms with E-state index in [1.807, 2.05) is 25.2 Å². The molecule has 0 saturated heterocycles. The van der Waals surface area contributed by atoms with E-state index in [1.165, 1.54) is 0 Å². The number of halogens is 3. The van der Waals surface area contributed by atoms with Gasteiger partial charge in [-0.25, -0.2) is 5.43 Å². The highest BCUT2D eigenvalue weighted by molar-refractivity contribution is 9.10. The van der Waals surface area contributed by atoms with Crippen LogP contribution in [0.2, 0.25) is 5.02 Å². The van der Waals surface area contributed by atoms with Crippen LogP contribution < -0.4 is 11.3 Å². The van der Waals surface area contributed by atoms with Gasteiger partial charge in [0.2, 0.25) is 0 Å². The lowest BCUT2D eigenvalue weighted by Gasteiger charge is -2.19. The van der Waals surface area contributed by atoms with E-state index in [4.69, 9.17) is 17.4 Å². The van der Waals surface area contributed by atoms with E-state index < -0.39 is 0 Å². The normalized spacial score (nSPS) is 12.7. The fraction of sp³-hybridized carbons (Fsp3) is 0.182. The zero-order valence-electron chi connectivity index (χ0n) is 9.49. The molecular formula is C11H11Br2ClN4. The predicted molar refractivity (Wildman–Crippen MR) is 79.2 cm³/mol. The zero-order chi connectivity index (χ0) is 13.3. The van der Waals surface area contributed by atoms with Gasteiger partial charge >= 0.3 is 0 Å². The van der Waals surface area contributed by atoms with Crippen LogP contribution in [0.5, 0.6) is 0 Å². The molecule has 1 heterocycles. The minimum atomic E-state index is -0.208. The van der Waals surface area contributed by atoms with Crippen molar-refractivity contribution in [1.82, 2.24) is 15.2 Å². The van der Waals surface area contributed by atoms with Gasteiger partial charge in [-0.3, -0.25) is 10.5 Å². The zero-order valence-corrected chi connectivity index (χ0v) is 13.4. The second-order valence-electron chi connectivity index (χ2n) is 3.77. The summed E-state index contributed by atoms with van der Waals surface area (Å²) in [6.45, 7) is 0. The average molecular weight is 394 g/mol. The third kappa shape index (κ3) is 2.62. The average Bonchev–Trinajstić information content (AvgIpc) is 2.66. The molecule has 0 aliphatic heterocycles. The minimum absolute atomic E-state index is 0.208. The van der Waals surface area contributed by atoms with Crippen molar-refractivity contribution in [2.75, 3.05) is 0 Å². The van der Waals surface area contributed by atoms with E-state index in [2.05, 4.69) is 42.4 Å². The fourth-order valence-electron chi connectivity index (χ4n) is 1.80. The van der Waals surface area contributed by atoms with E-state index in [0.29, 0.717) is 5.02 Å². The quantitative estimate of drug-likeness (QED) is 0.621. The lowest BCUT2D eigenvalue weighted by atomic mass is 10.0. The first-order valence-corrected chi connectivity index (χ1v) is 7.09. The van der Waals surface area contributed by atoms with Gasteiger partial charge in [0.15, 0.2) is 0 Å². The number of aryl methyl sites for hydroxylation is 1. The van der Waals surface area contributed by atoms with Gasteiger partial charge in [0.25, 0.3) is 0 Å². The van der Waals surface area contributed by atoms with Gasteiger partial charge < -0.3 is 0 Å². The largest absolute Gasteiger partial charge is 0.271 e. The van der Waals surface area contributed by atoms with Gasteiger partial charge in [-0.15, -0.1) is 0 Å². The number of hydrogen-bond donors (Lipinski definition) is 2. The lowest BCUT2D eigenvalue weighted by Crippen LogP contribution is -2.31. The summed E-state index contributed by atoms with van der Waals surface area (Å²) < 4.78 is 3.59. The van der Waals surface area contributed by atoms with E-state index in [0.717, 1.165) is 20.2 Å². The fourth-order valence-corrected chi connectivity index (χ4v) is 3.03. The number of aromatic nitrogens is 2. The molecule has 0 spiro atoms. The molecule has 0 amide bonds. The van der Waals surface area contributed by atoms with Crippen molar-refractivity contribution in [3.05, 3.63) is 49.6 Å². The van der Waals surface area contributed by atoms with Gasteiger partial charge in [0.1, 0.15) is 0 Å². The van der Waals surface area contributed by atoms with E-state index in [9.17, 15) is 0 Å². The summed E-state index contributed by atoms with van der Waals surface area (Å²) in [5.41, 5.74) is 4.68. The predicted octanol–water partition coefficient (Wildman–Crippen LogP) is 3.15. The van der Waals surface area contributed by atoms with Gasteiger partial charge in [-0.05, 0) is 39.7 Å². The maximum absolute atomic E-state index is 6.04. The lowest BCUT2D eigenvalue weighted by molar-refractivity contribution is 0.571. The summed E-state index contributed by atoms with van der Waals surface area (Å²) in [7, 11) is 1.86. The molecule has 3 N–H and O–H groups in total. The molecule has 18 heavy (non-hydrogen) atoms. The molecule has 0 aliphatic carbocycles.